The first-order valence-corrected chi connectivity index (χ1v) is 11.7. The van der Waals surface area contributed by atoms with Gasteiger partial charge in [0, 0.05) is 37.1 Å². The van der Waals surface area contributed by atoms with Crippen LogP contribution in [-0.2, 0) is 10.0 Å². The van der Waals surface area contributed by atoms with Crippen LogP contribution in [0.15, 0.2) is 33.6 Å². The third-order valence-electron chi connectivity index (χ3n) is 5.65. The second kappa shape index (κ2) is 8.08. The Kier molecular flexibility index (Phi) is 5.68. The standard InChI is InChI=1S/C20H24ClN3O4S/c1-14-18(20(25)23-9-2-3-10-23)22-19(28-14)15-7-11-24(12-8-15)29(26,27)17-6-4-5-16(21)13-17/h4-6,13,15H,2-3,7-12H2,1H3. The minimum Gasteiger partial charge on any atom is -0.445 e. The van der Waals surface area contributed by atoms with Crippen molar-refractivity contribution in [2.75, 3.05) is 26.2 Å². The Balaban J connectivity index is 1.45. The predicted molar refractivity (Wildman–Crippen MR) is 109 cm³/mol. The zero-order valence-corrected chi connectivity index (χ0v) is 17.9. The van der Waals surface area contributed by atoms with Gasteiger partial charge in [-0.1, -0.05) is 17.7 Å². The molecule has 156 valence electrons. The van der Waals surface area contributed by atoms with Crippen molar-refractivity contribution in [2.45, 2.75) is 43.4 Å². The minimum absolute atomic E-state index is 0.000334. The number of piperidine rings is 1. The Hall–Kier alpha value is -1.90. The summed E-state index contributed by atoms with van der Waals surface area (Å²) in [5.74, 6) is 0.992. The van der Waals surface area contributed by atoms with Gasteiger partial charge in [0.15, 0.2) is 11.6 Å². The van der Waals surface area contributed by atoms with Crippen LogP contribution in [0, 0.1) is 6.92 Å². The van der Waals surface area contributed by atoms with Crippen LogP contribution in [0.25, 0.3) is 0 Å². The number of carbonyl (C=O) groups excluding carboxylic acids is 1. The van der Waals surface area contributed by atoms with Gasteiger partial charge in [-0.15, -0.1) is 0 Å². The van der Waals surface area contributed by atoms with Crippen LogP contribution in [0.3, 0.4) is 0 Å². The maximum atomic E-state index is 12.9. The molecule has 0 bridgehead atoms. The molecule has 29 heavy (non-hydrogen) atoms. The van der Waals surface area contributed by atoms with E-state index in [-0.39, 0.29) is 16.7 Å². The molecular weight excluding hydrogens is 414 g/mol. The monoisotopic (exact) mass is 437 g/mol. The van der Waals surface area contributed by atoms with Crippen LogP contribution in [0.2, 0.25) is 5.02 Å². The van der Waals surface area contributed by atoms with E-state index in [0.29, 0.717) is 48.3 Å². The first-order chi connectivity index (χ1) is 13.9. The summed E-state index contributed by atoms with van der Waals surface area (Å²) in [7, 11) is -3.58. The second-order valence-corrected chi connectivity index (χ2v) is 9.97. The van der Waals surface area contributed by atoms with E-state index in [1.807, 2.05) is 4.90 Å². The van der Waals surface area contributed by atoms with Gasteiger partial charge in [0.2, 0.25) is 10.0 Å². The van der Waals surface area contributed by atoms with E-state index in [2.05, 4.69) is 4.98 Å². The van der Waals surface area contributed by atoms with Crippen LogP contribution in [0.1, 0.15) is 53.7 Å². The summed E-state index contributed by atoms with van der Waals surface area (Å²) in [6.07, 6.45) is 3.23. The molecule has 4 rings (SSSR count). The zero-order chi connectivity index (χ0) is 20.6. The summed E-state index contributed by atoms with van der Waals surface area (Å²) in [6.45, 7) is 4.03. The van der Waals surface area contributed by atoms with Gasteiger partial charge >= 0.3 is 0 Å². The van der Waals surface area contributed by atoms with Crippen LogP contribution >= 0.6 is 11.6 Å². The molecule has 7 nitrogen and oxygen atoms in total. The number of hydrogen-bond donors (Lipinski definition) is 0. The summed E-state index contributed by atoms with van der Waals surface area (Å²) < 4.78 is 33.0. The van der Waals surface area contributed by atoms with Crippen LogP contribution in [0.5, 0.6) is 0 Å². The number of likely N-dealkylation sites (tertiary alicyclic amines) is 1. The molecule has 0 saturated carbocycles. The lowest BCUT2D eigenvalue weighted by Gasteiger charge is -2.29. The molecule has 0 aliphatic carbocycles. The summed E-state index contributed by atoms with van der Waals surface area (Å²) >= 11 is 5.95. The molecule has 9 heteroatoms. The highest BCUT2D eigenvalue weighted by atomic mass is 35.5. The number of rotatable bonds is 4. The quantitative estimate of drug-likeness (QED) is 0.731. The number of nitrogens with zero attached hydrogens (tertiary/aromatic N) is 3. The first kappa shape index (κ1) is 20.4. The third kappa shape index (κ3) is 4.06. The highest BCUT2D eigenvalue weighted by Gasteiger charge is 2.33. The number of amides is 1. The number of oxazole rings is 1. The molecule has 1 amide bonds. The predicted octanol–water partition coefficient (Wildman–Crippen LogP) is 3.44. The maximum Gasteiger partial charge on any atom is 0.276 e. The minimum atomic E-state index is -3.58. The fourth-order valence-electron chi connectivity index (χ4n) is 3.98. The Bertz CT molecular complexity index is 1010. The summed E-state index contributed by atoms with van der Waals surface area (Å²) in [5.41, 5.74) is 0.385. The molecule has 1 aromatic carbocycles. The van der Waals surface area contributed by atoms with Crippen molar-refractivity contribution in [3.63, 3.8) is 0 Å². The van der Waals surface area contributed by atoms with E-state index in [1.165, 1.54) is 10.4 Å². The number of carbonyl (C=O) groups is 1. The van der Waals surface area contributed by atoms with E-state index in [0.717, 1.165) is 25.9 Å². The van der Waals surface area contributed by atoms with Crippen molar-refractivity contribution < 1.29 is 17.6 Å². The van der Waals surface area contributed by atoms with Gasteiger partial charge in [0.1, 0.15) is 5.76 Å². The molecule has 0 radical (unpaired) electrons. The van der Waals surface area contributed by atoms with Crippen LogP contribution in [-0.4, -0.2) is 54.7 Å². The number of aryl methyl sites for hydroxylation is 1. The number of hydrogen-bond acceptors (Lipinski definition) is 5. The van der Waals surface area contributed by atoms with E-state index < -0.39 is 10.0 Å². The van der Waals surface area contributed by atoms with Gasteiger partial charge in [-0.3, -0.25) is 4.79 Å². The van der Waals surface area contributed by atoms with E-state index in [1.54, 1.807) is 25.1 Å². The first-order valence-electron chi connectivity index (χ1n) is 9.88. The molecule has 2 aromatic rings. The van der Waals surface area contributed by atoms with Crippen molar-refractivity contribution >= 4 is 27.5 Å². The third-order valence-corrected chi connectivity index (χ3v) is 7.78. The summed E-state index contributed by atoms with van der Waals surface area (Å²) in [4.78, 5) is 19.1. The highest BCUT2D eigenvalue weighted by Crippen LogP contribution is 2.32. The average molecular weight is 438 g/mol. The molecule has 2 aliphatic rings. The van der Waals surface area contributed by atoms with Crippen LogP contribution in [0.4, 0.5) is 0 Å². The average Bonchev–Trinajstić information content (AvgIpc) is 3.38. The van der Waals surface area contributed by atoms with Crippen molar-refractivity contribution in [1.82, 2.24) is 14.2 Å². The largest absolute Gasteiger partial charge is 0.445 e. The number of halogens is 1. The number of benzene rings is 1. The Morgan fingerprint density at radius 3 is 2.52 bits per heavy atom. The molecule has 2 fully saturated rings. The zero-order valence-electron chi connectivity index (χ0n) is 16.3. The lowest BCUT2D eigenvalue weighted by atomic mass is 9.98. The normalized spacial score (nSPS) is 19.0. The van der Waals surface area contributed by atoms with Gasteiger partial charge in [-0.25, -0.2) is 13.4 Å². The summed E-state index contributed by atoms with van der Waals surface area (Å²) in [6, 6.07) is 6.31. The molecule has 3 heterocycles. The number of aromatic nitrogens is 1. The van der Waals surface area contributed by atoms with Crippen LogP contribution < -0.4 is 0 Å². The van der Waals surface area contributed by atoms with E-state index >= 15 is 0 Å². The number of sulfonamides is 1. The van der Waals surface area contributed by atoms with Gasteiger partial charge in [-0.05, 0) is 50.8 Å². The lowest BCUT2D eigenvalue weighted by molar-refractivity contribution is 0.0786. The fraction of sp³-hybridized carbons (Fsp3) is 0.500. The van der Waals surface area contributed by atoms with Crippen molar-refractivity contribution in [2.24, 2.45) is 0 Å². The highest BCUT2D eigenvalue weighted by molar-refractivity contribution is 7.89. The van der Waals surface area contributed by atoms with Crippen molar-refractivity contribution in [3.8, 4) is 0 Å². The van der Waals surface area contributed by atoms with Gasteiger partial charge in [0.25, 0.3) is 5.91 Å². The summed E-state index contributed by atoms with van der Waals surface area (Å²) in [5, 5.41) is 0.395. The Morgan fingerprint density at radius 1 is 1.17 bits per heavy atom. The SMILES string of the molecule is Cc1oc(C2CCN(S(=O)(=O)c3cccc(Cl)c3)CC2)nc1C(=O)N1CCCC1. The molecule has 1 aromatic heterocycles. The molecule has 0 atom stereocenters. The second-order valence-electron chi connectivity index (χ2n) is 7.59. The molecule has 0 unspecified atom stereocenters. The lowest BCUT2D eigenvalue weighted by Crippen LogP contribution is -2.38. The Labute approximate surface area is 175 Å². The van der Waals surface area contributed by atoms with Gasteiger partial charge in [-0.2, -0.15) is 4.31 Å². The smallest absolute Gasteiger partial charge is 0.276 e. The van der Waals surface area contributed by atoms with Crippen molar-refractivity contribution in [1.29, 1.82) is 0 Å². The fourth-order valence-corrected chi connectivity index (χ4v) is 5.75. The van der Waals surface area contributed by atoms with Gasteiger partial charge in [0.05, 0.1) is 4.90 Å². The van der Waals surface area contributed by atoms with Gasteiger partial charge < -0.3 is 9.32 Å². The van der Waals surface area contributed by atoms with E-state index in [4.69, 9.17) is 16.0 Å². The van der Waals surface area contributed by atoms with E-state index in [9.17, 15) is 13.2 Å². The molecular formula is C20H24ClN3O4S. The molecule has 2 saturated heterocycles. The molecule has 0 N–H and O–H groups in total. The molecule has 0 spiro atoms. The van der Waals surface area contributed by atoms with Crippen molar-refractivity contribution in [3.05, 3.63) is 46.6 Å². The molecule has 2 aliphatic heterocycles. The Morgan fingerprint density at radius 2 is 1.86 bits per heavy atom. The maximum absolute atomic E-state index is 12.9. The topological polar surface area (TPSA) is 83.7 Å².